The van der Waals surface area contributed by atoms with Crippen LogP contribution in [-0.4, -0.2) is 49.3 Å². The molecule has 0 atom stereocenters. The molecule has 0 unspecified atom stereocenters. The van der Waals surface area contributed by atoms with Crippen LogP contribution in [0.4, 0.5) is 5.69 Å². The van der Waals surface area contributed by atoms with Crippen LogP contribution in [0.1, 0.15) is 6.92 Å². The summed E-state index contributed by atoms with van der Waals surface area (Å²) in [4.78, 5) is 30.9. The number of methoxy groups -OCH3 is 1. The van der Waals surface area contributed by atoms with Crippen LogP contribution >= 0.6 is 11.9 Å². The van der Waals surface area contributed by atoms with Crippen molar-refractivity contribution in [2.45, 2.75) is 18.4 Å². The second kappa shape index (κ2) is 12.5. The summed E-state index contributed by atoms with van der Waals surface area (Å²) in [5.41, 5.74) is 5.36. The Kier molecular flexibility index (Phi) is 8.61. The molecule has 10 heteroatoms. The van der Waals surface area contributed by atoms with Crippen LogP contribution in [0.15, 0.2) is 80.8 Å². The number of ether oxygens (including phenoxy) is 1. The van der Waals surface area contributed by atoms with Crippen molar-refractivity contribution in [3.8, 4) is 22.4 Å². The molecule has 5 aromatic rings. The minimum absolute atomic E-state index is 0.126. The van der Waals surface area contributed by atoms with Gasteiger partial charge in [-0.2, -0.15) is 4.98 Å². The Morgan fingerprint density at radius 1 is 1.02 bits per heavy atom. The molecule has 0 aliphatic heterocycles. The Hall–Kier alpha value is -3.96. The van der Waals surface area contributed by atoms with Crippen LogP contribution in [-0.2, 0) is 16.1 Å². The zero-order valence-electron chi connectivity index (χ0n) is 22.6. The van der Waals surface area contributed by atoms with E-state index in [1.165, 1.54) is 0 Å². The highest BCUT2D eigenvalue weighted by molar-refractivity contribution is 7.97. The van der Waals surface area contributed by atoms with Gasteiger partial charge < -0.3 is 19.8 Å². The lowest BCUT2D eigenvalue weighted by molar-refractivity contribution is -0.115. The largest absolute Gasteiger partial charge is 0.452 e. The first-order chi connectivity index (χ1) is 19.5. The number of fused-ring (bicyclic) bond motifs is 3. The predicted octanol–water partition coefficient (Wildman–Crippen LogP) is 4.90. The molecule has 0 spiro atoms. The van der Waals surface area contributed by atoms with E-state index in [1.54, 1.807) is 35.8 Å². The number of likely N-dealkylation sites (N-methyl/N-ethyl adjacent to an activating group) is 1. The van der Waals surface area contributed by atoms with Gasteiger partial charge in [0.05, 0.1) is 19.7 Å². The van der Waals surface area contributed by atoms with Gasteiger partial charge in [-0.05, 0) is 73.1 Å². The highest BCUT2D eigenvalue weighted by Crippen LogP contribution is 2.36. The maximum atomic E-state index is 13.2. The van der Waals surface area contributed by atoms with Gasteiger partial charge >= 0.3 is 5.69 Å². The molecule has 0 radical (unpaired) electrons. The summed E-state index contributed by atoms with van der Waals surface area (Å²) < 4.78 is 16.4. The number of carbonyl (C=O) groups is 1. The van der Waals surface area contributed by atoms with E-state index >= 15 is 0 Å². The number of carbonyl (C=O) groups excluding carboxylic acids is 1. The Labute approximate surface area is 236 Å². The van der Waals surface area contributed by atoms with Crippen LogP contribution < -0.4 is 21.0 Å². The summed E-state index contributed by atoms with van der Waals surface area (Å²) >= 11 is 1.56. The van der Waals surface area contributed by atoms with Crippen LogP contribution in [0, 0.1) is 0 Å². The highest BCUT2D eigenvalue weighted by atomic mass is 32.2. The highest BCUT2D eigenvalue weighted by Gasteiger charge is 2.20. The van der Waals surface area contributed by atoms with Gasteiger partial charge in [-0.3, -0.25) is 14.1 Å². The topological polar surface area (TPSA) is 110 Å². The van der Waals surface area contributed by atoms with E-state index < -0.39 is 0 Å². The SMILES string of the molecule is CCNCC(=O)Nc1ccc(-c2nc(=O)n(CCOC)c3c2oc2cc(-c4ccc(SNC)cc4)ccc23)cc1. The zero-order valence-corrected chi connectivity index (χ0v) is 23.4. The Balaban J connectivity index is 1.58. The predicted molar refractivity (Wildman–Crippen MR) is 161 cm³/mol. The van der Waals surface area contributed by atoms with E-state index in [4.69, 9.17) is 9.15 Å². The Bertz CT molecular complexity index is 1690. The van der Waals surface area contributed by atoms with Crippen molar-refractivity contribution in [2.75, 3.05) is 39.2 Å². The monoisotopic (exact) mass is 557 g/mol. The first-order valence-electron chi connectivity index (χ1n) is 13.0. The molecule has 9 nitrogen and oxygen atoms in total. The third-order valence-electron chi connectivity index (χ3n) is 6.49. The van der Waals surface area contributed by atoms with Gasteiger partial charge in [0, 0.05) is 28.6 Å². The molecule has 3 aromatic carbocycles. The number of benzene rings is 3. The van der Waals surface area contributed by atoms with Crippen molar-refractivity contribution in [1.29, 1.82) is 0 Å². The normalized spacial score (nSPS) is 11.4. The number of anilines is 1. The second-order valence-electron chi connectivity index (χ2n) is 9.11. The van der Waals surface area contributed by atoms with E-state index in [1.807, 2.05) is 44.3 Å². The molecule has 2 aromatic heterocycles. The fourth-order valence-corrected chi connectivity index (χ4v) is 5.08. The lowest BCUT2D eigenvalue weighted by atomic mass is 10.0. The van der Waals surface area contributed by atoms with Crippen LogP contribution in [0.3, 0.4) is 0 Å². The van der Waals surface area contributed by atoms with E-state index in [9.17, 15) is 9.59 Å². The molecule has 206 valence electrons. The minimum atomic E-state index is -0.382. The minimum Gasteiger partial charge on any atom is -0.452 e. The van der Waals surface area contributed by atoms with Gasteiger partial charge in [-0.1, -0.05) is 37.3 Å². The molecule has 2 heterocycles. The van der Waals surface area contributed by atoms with Crippen molar-refractivity contribution in [2.24, 2.45) is 0 Å². The van der Waals surface area contributed by atoms with Crippen LogP contribution in [0.2, 0.25) is 0 Å². The van der Waals surface area contributed by atoms with E-state index in [0.29, 0.717) is 53.3 Å². The van der Waals surface area contributed by atoms with Gasteiger partial charge in [-0.25, -0.2) is 4.79 Å². The van der Waals surface area contributed by atoms with Gasteiger partial charge in [0.25, 0.3) is 0 Å². The first kappa shape index (κ1) is 27.6. The number of furan rings is 1. The van der Waals surface area contributed by atoms with E-state index in [2.05, 4.69) is 44.6 Å². The second-order valence-corrected chi connectivity index (χ2v) is 10.2. The maximum Gasteiger partial charge on any atom is 0.348 e. The molecule has 0 aliphatic carbocycles. The smallest absolute Gasteiger partial charge is 0.348 e. The number of aromatic nitrogens is 2. The molecule has 1 amide bonds. The summed E-state index contributed by atoms with van der Waals surface area (Å²) in [7, 11) is 3.49. The lowest BCUT2D eigenvalue weighted by Crippen LogP contribution is -2.27. The third kappa shape index (κ3) is 5.80. The molecule has 5 rings (SSSR count). The molecule has 3 N–H and O–H groups in total. The molecule has 0 fully saturated rings. The quantitative estimate of drug-likeness (QED) is 0.197. The maximum absolute atomic E-state index is 13.2. The zero-order chi connectivity index (χ0) is 28.1. The molecule has 40 heavy (non-hydrogen) atoms. The summed E-state index contributed by atoms with van der Waals surface area (Å²) in [5, 5.41) is 6.69. The van der Waals surface area contributed by atoms with E-state index in [0.717, 1.165) is 21.4 Å². The van der Waals surface area contributed by atoms with Crippen LogP contribution in [0.25, 0.3) is 44.5 Å². The molecule has 0 saturated heterocycles. The van der Waals surface area contributed by atoms with E-state index in [-0.39, 0.29) is 18.1 Å². The van der Waals surface area contributed by atoms with Crippen molar-refractivity contribution in [3.63, 3.8) is 0 Å². The molecule has 0 bridgehead atoms. The number of amides is 1. The summed E-state index contributed by atoms with van der Waals surface area (Å²) in [5.74, 6) is -0.126. The van der Waals surface area contributed by atoms with Crippen molar-refractivity contribution >= 4 is 45.6 Å². The molecule has 0 aliphatic rings. The number of hydrogen-bond acceptors (Lipinski definition) is 8. The van der Waals surface area contributed by atoms with Crippen molar-refractivity contribution in [1.82, 2.24) is 19.6 Å². The Morgan fingerprint density at radius 3 is 2.45 bits per heavy atom. The Morgan fingerprint density at radius 2 is 1.75 bits per heavy atom. The van der Waals surface area contributed by atoms with Crippen molar-refractivity contribution < 1.29 is 13.9 Å². The molecule has 0 saturated carbocycles. The lowest BCUT2D eigenvalue weighted by Gasteiger charge is -2.10. The fourth-order valence-electron chi connectivity index (χ4n) is 4.57. The number of nitrogens with one attached hydrogen (secondary N) is 3. The third-order valence-corrected chi connectivity index (χ3v) is 7.20. The number of hydrogen-bond donors (Lipinski definition) is 3. The molecular weight excluding hydrogens is 526 g/mol. The summed E-state index contributed by atoms with van der Waals surface area (Å²) in [6.07, 6.45) is 0. The number of rotatable bonds is 11. The van der Waals surface area contributed by atoms with Gasteiger partial charge in [0.1, 0.15) is 16.8 Å². The van der Waals surface area contributed by atoms with Gasteiger partial charge in [-0.15, -0.1) is 0 Å². The standard InChI is InChI=1S/C30H31N5O4S/c1-4-32-18-26(36)33-22-10-5-20(6-11-22)27-29-28(35(15-16-38-3)30(37)34-27)24-14-9-21(17-25(24)39-29)19-7-12-23(13-8-19)40-31-2/h5-14,17,31-32H,4,15-16,18H2,1-3H3,(H,33,36). The van der Waals surface area contributed by atoms with Crippen LogP contribution in [0.5, 0.6) is 0 Å². The fraction of sp³-hybridized carbons (Fsp3) is 0.233. The average Bonchev–Trinajstić information content (AvgIpc) is 3.35. The van der Waals surface area contributed by atoms with Gasteiger partial charge in [0.2, 0.25) is 5.91 Å². The first-order valence-corrected chi connectivity index (χ1v) is 13.8. The van der Waals surface area contributed by atoms with Crippen molar-refractivity contribution in [3.05, 3.63) is 77.2 Å². The molecular formula is C30H31N5O4S. The van der Waals surface area contributed by atoms with Gasteiger partial charge in [0.15, 0.2) is 5.58 Å². The summed E-state index contributed by atoms with van der Waals surface area (Å²) in [6, 6.07) is 21.5. The average molecular weight is 558 g/mol. The number of nitrogens with zero attached hydrogens (tertiary/aromatic N) is 2. The summed E-state index contributed by atoms with van der Waals surface area (Å²) in [6.45, 7) is 3.60.